The number of carbonyl (C=O) groups excluding carboxylic acids is 1. The van der Waals surface area contributed by atoms with Gasteiger partial charge in [0, 0.05) is 17.7 Å². The molecule has 1 N–H and O–H groups in total. The first-order valence-corrected chi connectivity index (χ1v) is 8.23. The van der Waals surface area contributed by atoms with Crippen LogP contribution < -0.4 is 19.5 Å². The highest BCUT2D eigenvalue weighted by Crippen LogP contribution is 2.29. The molecule has 2 aromatic rings. The summed E-state index contributed by atoms with van der Waals surface area (Å²) in [5.41, 5.74) is 3.43. The highest BCUT2D eigenvalue weighted by molar-refractivity contribution is 5.95. The lowest BCUT2D eigenvalue weighted by molar-refractivity contribution is 0.0950. The molecule has 5 nitrogen and oxygen atoms in total. The van der Waals surface area contributed by atoms with Crippen molar-refractivity contribution in [2.24, 2.45) is 0 Å². The Kier molecular flexibility index (Phi) is 6.28. The monoisotopic (exact) mass is 343 g/mol. The van der Waals surface area contributed by atoms with Gasteiger partial charge in [-0.05, 0) is 50.1 Å². The van der Waals surface area contributed by atoms with Gasteiger partial charge in [0.2, 0.25) is 0 Å². The van der Waals surface area contributed by atoms with Crippen LogP contribution in [0.1, 0.15) is 34.0 Å². The molecule has 5 heteroatoms. The predicted molar refractivity (Wildman–Crippen MR) is 97.8 cm³/mol. The van der Waals surface area contributed by atoms with Crippen molar-refractivity contribution >= 4 is 5.91 Å². The lowest BCUT2D eigenvalue weighted by atomic mass is 10.1. The molecule has 2 rings (SSSR count). The van der Waals surface area contributed by atoms with Crippen LogP contribution in [0.5, 0.6) is 17.2 Å². The quantitative estimate of drug-likeness (QED) is 0.834. The van der Waals surface area contributed by atoms with E-state index in [1.165, 1.54) is 0 Å². The molecule has 1 amide bonds. The molecule has 0 aliphatic rings. The topological polar surface area (TPSA) is 56.8 Å². The summed E-state index contributed by atoms with van der Waals surface area (Å²) < 4.78 is 16.2. The van der Waals surface area contributed by atoms with Crippen molar-refractivity contribution in [1.29, 1.82) is 0 Å². The zero-order valence-electron chi connectivity index (χ0n) is 15.4. The third-order valence-corrected chi connectivity index (χ3v) is 4.01. The van der Waals surface area contributed by atoms with Crippen LogP contribution in [0.25, 0.3) is 0 Å². The lowest BCUT2D eigenvalue weighted by Crippen LogP contribution is -2.23. The van der Waals surface area contributed by atoms with Gasteiger partial charge in [-0.25, -0.2) is 0 Å². The number of ether oxygens (including phenoxy) is 3. The van der Waals surface area contributed by atoms with E-state index in [1.54, 1.807) is 26.4 Å². The Morgan fingerprint density at radius 2 is 1.64 bits per heavy atom. The highest BCUT2D eigenvalue weighted by atomic mass is 16.5. The third-order valence-electron chi connectivity index (χ3n) is 4.01. The first-order chi connectivity index (χ1) is 12.0. The second-order valence-electron chi connectivity index (χ2n) is 5.72. The molecule has 25 heavy (non-hydrogen) atoms. The molecule has 0 atom stereocenters. The Bertz CT molecular complexity index is 730. The molecule has 2 aromatic carbocycles. The number of nitrogens with one attached hydrogen (secondary N) is 1. The Morgan fingerprint density at radius 3 is 2.16 bits per heavy atom. The van der Waals surface area contributed by atoms with Gasteiger partial charge in [0.1, 0.15) is 17.2 Å². The average Bonchev–Trinajstić information content (AvgIpc) is 2.62. The molecular formula is C20H25NO4. The van der Waals surface area contributed by atoms with E-state index in [9.17, 15) is 4.79 Å². The van der Waals surface area contributed by atoms with Crippen molar-refractivity contribution in [2.75, 3.05) is 20.8 Å². The fourth-order valence-corrected chi connectivity index (χ4v) is 2.64. The molecule has 0 aliphatic heterocycles. The first-order valence-electron chi connectivity index (χ1n) is 8.23. The summed E-state index contributed by atoms with van der Waals surface area (Å²) in [5, 5.41) is 2.93. The SMILES string of the molecule is CCOc1ccc(CNC(=O)c2cc(OC)c(C)c(OC)c2)cc1C. The van der Waals surface area contributed by atoms with Gasteiger partial charge in [-0.2, -0.15) is 0 Å². The van der Waals surface area contributed by atoms with Crippen molar-refractivity contribution in [3.8, 4) is 17.2 Å². The Balaban J connectivity index is 2.11. The number of carbonyl (C=O) groups is 1. The maximum atomic E-state index is 12.5. The maximum Gasteiger partial charge on any atom is 0.251 e. The predicted octanol–water partition coefficient (Wildman–Crippen LogP) is 3.65. The number of aryl methyl sites for hydroxylation is 1. The normalized spacial score (nSPS) is 10.3. The molecular weight excluding hydrogens is 318 g/mol. The molecule has 0 saturated heterocycles. The smallest absolute Gasteiger partial charge is 0.251 e. The molecule has 0 spiro atoms. The van der Waals surface area contributed by atoms with E-state index < -0.39 is 0 Å². The van der Waals surface area contributed by atoms with Crippen LogP contribution in [0.2, 0.25) is 0 Å². The van der Waals surface area contributed by atoms with Crippen LogP contribution in [-0.4, -0.2) is 26.7 Å². The molecule has 0 unspecified atom stereocenters. The first kappa shape index (κ1) is 18.6. The van der Waals surface area contributed by atoms with Gasteiger partial charge in [0.15, 0.2) is 0 Å². The summed E-state index contributed by atoms with van der Waals surface area (Å²) in [5.74, 6) is 1.94. The summed E-state index contributed by atoms with van der Waals surface area (Å²) in [6.45, 7) is 6.91. The number of amides is 1. The van der Waals surface area contributed by atoms with E-state index in [4.69, 9.17) is 14.2 Å². The summed E-state index contributed by atoms with van der Waals surface area (Å²) in [7, 11) is 3.15. The fraction of sp³-hybridized carbons (Fsp3) is 0.350. The molecule has 0 saturated carbocycles. The summed E-state index contributed by atoms with van der Waals surface area (Å²) >= 11 is 0. The van der Waals surface area contributed by atoms with Gasteiger partial charge in [-0.1, -0.05) is 12.1 Å². The summed E-state index contributed by atoms with van der Waals surface area (Å²) in [4.78, 5) is 12.5. The van der Waals surface area contributed by atoms with Crippen molar-refractivity contribution in [1.82, 2.24) is 5.32 Å². The van der Waals surface area contributed by atoms with Crippen molar-refractivity contribution in [2.45, 2.75) is 27.3 Å². The zero-order chi connectivity index (χ0) is 18.4. The number of benzene rings is 2. The number of rotatable bonds is 7. The van der Waals surface area contributed by atoms with Gasteiger partial charge >= 0.3 is 0 Å². The molecule has 0 heterocycles. The van der Waals surface area contributed by atoms with Crippen LogP contribution >= 0.6 is 0 Å². The Morgan fingerprint density at radius 1 is 1.00 bits per heavy atom. The van der Waals surface area contributed by atoms with Gasteiger partial charge in [-0.15, -0.1) is 0 Å². The Hall–Kier alpha value is -2.69. The highest BCUT2D eigenvalue weighted by Gasteiger charge is 2.13. The van der Waals surface area contributed by atoms with E-state index in [1.807, 2.05) is 39.0 Å². The van der Waals surface area contributed by atoms with E-state index in [0.29, 0.717) is 30.2 Å². The summed E-state index contributed by atoms with van der Waals surface area (Å²) in [6, 6.07) is 9.33. The molecule has 134 valence electrons. The Labute approximate surface area is 148 Å². The minimum atomic E-state index is -0.178. The second-order valence-corrected chi connectivity index (χ2v) is 5.72. The number of hydrogen-bond acceptors (Lipinski definition) is 4. The van der Waals surface area contributed by atoms with Crippen molar-refractivity contribution in [3.05, 3.63) is 52.6 Å². The van der Waals surface area contributed by atoms with Crippen LogP contribution in [0.4, 0.5) is 0 Å². The lowest BCUT2D eigenvalue weighted by Gasteiger charge is -2.13. The van der Waals surface area contributed by atoms with E-state index >= 15 is 0 Å². The average molecular weight is 343 g/mol. The molecule has 0 aromatic heterocycles. The van der Waals surface area contributed by atoms with Crippen LogP contribution in [0, 0.1) is 13.8 Å². The van der Waals surface area contributed by atoms with E-state index in [-0.39, 0.29) is 5.91 Å². The van der Waals surface area contributed by atoms with Gasteiger partial charge in [-0.3, -0.25) is 4.79 Å². The van der Waals surface area contributed by atoms with Crippen molar-refractivity contribution in [3.63, 3.8) is 0 Å². The van der Waals surface area contributed by atoms with Gasteiger partial charge < -0.3 is 19.5 Å². The van der Waals surface area contributed by atoms with Crippen molar-refractivity contribution < 1.29 is 19.0 Å². The molecule has 0 radical (unpaired) electrons. The number of hydrogen-bond donors (Lipinski definition) is 1. The fourth-order valence-electron chi connectivity index (χ4n) is 2.64. The third kappa shape index (κ3) is 4.44. The molecule has 0 fully saturated rings. The number of methoxy groups -OCH3 is 2. The zero-order valence-corrected chi connectivity index (χ0v) is 15.4. The molecule has 0 bridgehead atoms. The van der Waals surface area contributed by atoms with E-state index in [0.717, 1.165) is 22.4 Å². The standard InChI is InChI=1S/C20H25NO4/c1-6-25-17-8-7-15(9-13(17)2)12-21-20(22)16-10-18(23-4)14(3)19(11-16)24-5/h7-11H,6,12H2,1-5H3,(H,21,22). The van der Waals surface area contributed by atoms with Crippen LogP contribution in [-0.2, 0) is 6.54 Å². The van der Waals surface area contributed by atoms with Gasteiger partial charge in [0.25, 0.3) is 5.91 Å². The van der Waals surface area contributed by atoms with Crippen LogP contribution in [0.3, 0.4) is 0 Å². The molecule has 0 aliphatic carbocycles. The van der Waals surface area contributed by atoms with Gasteiger partial charge in [0.05, 0.1) is 20.8 Å². The van der Waals surface area contributed by atoms with E-state index in [2.05, 4.69) is 5.32 Å². The summed E-state index contributed by atoms with van der Waals surface area (Å²) in [6.07, 6.45) is 0. The maximum absolute atomic E-state index is 12.5. The second kappa shape index (κ2) is 8.42. The minimum Gasteiger partial charge on any atom is -0.496 e. The van der Waals surface area contributed by atoms with Crippen LogP contribution in [0.15, 0.2) is 30.3 Å². The largest absolute Gasteiger partial charge is 0.496 e. The minimum absolute atomic E-state index is 0.178.